The van der Waals surface area contributed by atoms with E-state index in [4.69, 9.17) is 5.11 Å². The smallest absolute Gasteiger partial charge is 0.404 e. The molecule has 2 heterocycles. The van der Waals surface area contributed by atoms with Crippen molar-refractivity contribution in [2.24, 2.45) is 0 Å². The van der Waals surface area contributed by atoms with Crippen molar-refractivity contribution in [2.45, 2.75) is 52.2 Å². The summed E-state index contributed by atoms with van der Waals surface area (Å²) in [5.41, 5.74) is 3.87. The van der Waals surface area contributed by atoms with Crippen molar-refractivity contribution in [2.75, 3.05) is 25.5 Å². The van der Waals surface area contributed by atoms with Crippen molar-refractivity contribution in [3.05, 3.63) is 101 Å². The molecule has 5 N–H and O–H groups in total. The van der Waals surface area contributed by atoms with Crippen LogP contribution in [0.5, 0.6) is 0 Å². The molecule has 0 aliphatic carbocycles. The molecule has 0 atom stereocenters. The summed E-state index contributed by atoms with van der Waals surface area (Å²) in [6.07, 6.45) is 3.13. The van der Waals surface area contributed by atoms with Crippen LogP contribution in [-0.4, -0.2) is 62.2 Å². The lowest BCUT2D eigenvalue weighted by Gasteiger charge is -2.18. The number of aromatic amines is 1. The van der Waals surface area contributed by atoms with E-state index in [0.717, 1.165) is 55.2 Å². The molecule has 5 rings (SSSR count). The summed E-state index contributed by atoms with van der Waals surface area (Å²) in [6.45, 7) is 6.90. The van der Waals surface area contributed by atoms with Gasteiger partial charge in [0.2, 0.25) is 0 Å². The standard InChI is InChI=1S/C37H40F2N6O4/c1-22-28(17-26(38)18-31(22)44-35(46)27-13-12-25(16-30(27)39)37(2,3)49)33-29-19-32(43-34(29)42-21-41-33)24-10-8-23(9-11-24)20-45(4)15-7-5-6-14-40-36(47)48/h8-13,16-19,21,40,49H,5-7,14-15,20H2,1-4H3,(H,44,46)(H,47,48)(H,41,42,43). The molecule has 2 aromatic heterocycles. The van der Waals surface area contributed by atoms with Gasteiger partial charge >= 0.3 is 6.09 Å². The Morgan fingerprint density at radius 2 is 1.73 bits per heavy atom. The van der Waals surface area contributed by atoms with Crippen LogP contribution in [0.3, 0.4) is 0 Å². The van der Waals surface area contributed by atoms with E-state index in [-0.39, 0.29) is 11.3 Å². The van der Waals surface area contributed by atoms with Gasteiger partial charge in [0.25, 0.3) is 5.91 Å². The zero-order chi connectivity index (χ0) is 35.3. The predicted octanol–water partition coefficient (Wildman–Crippen LogP) is 7.23. The number of aromatic nitrogens is 3. The number of nitrogens with zero attached hydrogens (tertiary/aromatic N) is 3. The van der Waals surface area contributed by atoms with E-state index in [0.29, 0.717) is 40.0 Å². The lowest BCUT2D eigenvalue weighted by Crippen LogP contribution is -2.22. The van der Waals surface area contributed by atoms with Gasteiger partial charge in [0, 0.05) is 35.4 Å². The van der Waals surface area contributed by atoms with Crippen LogP contribution in [0.25, 0.3) is 33.5 Å². The van der Waals surface area contributed by atoms with Gasteiger partial charge in [0.15, 0.2) is 0 Å². The molecule has 0 fully saturated rings. The van der Waals surface area contributed by atoms with Crippen molar-refractivity contribution < 1.29 is 28.6 Å². The quantitative estimate of drug-likeness (QED) is 0.0832. The Labute approximate surface area is 283 Å². The third-order valence-electron chi connectivity index (χ3n) is 8.43. The number of unbranched alkanes of at least 4 members (excludes halogenated alkanes) is 2. The molecular weight excluding hydrogens is 630 g/mol. The van der Waals surface area contributed by atoms with Crippen molar-refractivity contribution in [1.82, 2.24) is 25.2 Å². The summed E-state index contributed by atoms with van der Waals surface area (Å²) < 4.78 is 29.9. The highest BCUT2D eigenvalue weighted by atomic mass is 19.1. The van der Waals surface area contributed by atoms with Gasteiger partial charge in [0.1, 0.15) is 23.6 Å². The van der Waals surface area contributed by atoms with Crippen molar-refractivity contribution in [1.29, 1.82) is 0 Å². The maximum atomic E-state index is 15.0. The molecule has 256 valence electrons. The maximum absolute atomic E-state index is 15.0. The number of hydrogen-bond donors (Lipinski definition) is 5. The van der Waals surface area contributed by atoms with Gasteiger partial charge in [0.05, 0.1) is 16.9 Å². The maximum Gasteiger partial charge on any atom is 0.404 e. The van der Waals surface area contributed by atoms with Crippen LogP contribution in [0.2, 0.25) is 0 Å². The van der Waals surface area contributed by atoms with Gasteiger partial charge in [-0.2, -0.15) is 0 Å². The van der Waals surface area contributed by atoms with Gasteiger partial charge in [-0.25, -0.2) is 23.5 Å². The Kier molecular flexibility index (Phi) is 10.7. The Bertz CT molecular complexity index is 1970. The lowest BCUT2D eigenvalue weighted by atomic mass is 9.96. The summed E-state index contributed by atoms with van der Waals surface area (Å²) in [7, 11) is 2.06. The highest BCUT2D eigenvalue weighted by Gasteiger charge is 2.22. The highest BCUT2D eigenvalue weighted by Crippen LogP contribution is 2.35. The van der Waals surface area contributed by atoms with Crippen molar-refractivity contribution in [3.8, 4) is 22.5 Å². The minimum absolute atomic E-state index is 0.171. The molecule has 0 aliphatic rings. The number of amides is 2. The second kappa shape index (κ2) is 14.9. The normalized spacial score (nSPS) is 11.7. The van der Waals surface area contributed by atoms with Crippen molar-refractivity contribution >= 4 is 28.7 Å². The summed E-state index contributed by atoms with van der Waals surface area (Å²) in [6, 6.07) is 16.5. The summed E-state index contributed by atoms with van der Waals surface area (Å²) >= 11 is 0. The highest BCUT2D eigenvalue weighted by molar-refractivity contribution is 6.06. The first-order chi connectivity index (χ1) is 23.3. The zero-order valence-electron chi connectivity index (χ0n) is 27.9. The molecule has 0 bridgehead atoms. The summed E-state index contributed by atoms with van der Waals surface area (Å²) in [5, 5.41) is 24.5. The summed E-state index contributed by atoms with van der Waals surface area (Å²) in [5.74, 6) is -2.16. The number of fused-ring (bicyclic) bond motifs is 1. The first-order valence-electron chi connectivity index (χ1n) is 16.0. The zero-order valence-corrected chi connectivity index (χ0v) is 27.9. The second-order valence-electron chi connectivity index (χ2n) is 12.7. The van der Waals surface area contributed by atoms with Gasteiger partial charge in [-0.1, -0.05) is 36.8 Å². The Hall–Kier alpha value is -5.20. The molecule has 0 spiro atoms. The van der Waals surface area contributed by atoms with E-state index < -0.39 is 29.2 Å². The molecule has 2 amide bonds. The number of halogens is 2. The van der Waals surface area contributed by atoms with Gasteiger partial charge in [-0.3, -0.25) is 4.79 Å². The fourth-order valence-electron chi connectivity index (χ4n) is 5.69. The van der Waals surface area contributed by atoms with Gasteiger partial charge in [-0.15, -0.1) is 0 Å². The second-order valence-corrected chi connectivity index (χ2v) is 12.7. The average Bonchev–Trinajstić information content (AvgIpc) is 3.49. The number of anilines is 1. The number of nitrogens with one attached hydrogen (secondary N) is 3. The topological polar surface area (TPSA) is 143 Å². The van der Waals surface area contributed by atoms with Crippen LogP contribution in [0.1, 0.15) is 60.2 Å². The van der Waals surface area contributed by atoms with E-state index in [9.17, 15) is 19.1 Å². The molecule has 3 aromatic carbocycles. The number of carbonyl (C=O) groups is 2. The molecule has 10 nitrogen and oxygen atoms in total. The molecule has 0 saturated carbocycles. The number of carbonyl (C=O) groups excluding carboxylic acids is 1. The molecule has 0 aliphatic heterocycles. The minimum Gasteiger partial charge on any atom is -0.465 e. The fourth-order valence-corrected chi connectivity index (χ4v) is 5.69. The number of H-pyrrole nitrogens is 1. The van der Waals surface area contributed by atoms with Gasteiger partial charge in [-0.05, 0) is 99.8 Å². The van der Waals surface area contributed by atoms with E-state index in [1.165, 1.54) is 44.4 Å². The van der Waals surface area contributed by atoms with E-state index in [1.54, 1.807) is 6.92 Å². The molecule has 5 aromatic rings. The Balaban J connectivity index is 1.32. The lowest BCUT2D eigenvalue weighted by molar-refractivity contribution is 0.0780. The fraction of sp³-hybridized carbons (Fsp3) is 0.297. The average molecular weight is 671 g/mol. The molecule has 0 radical (unpaired) electrons. The summed E-state index contributed by atoms with van der Waals surface area (Å²) in [4.78, 5) is 38.1. The molecule has 49 heavy (non-hydrogen) atoms. The first kappa shape index (κ1) is 35.1. The number of rotatable bonds is 13. The van der Waals surface area contributed by atoms with Crippen LogP contribution in [-0.2, 0) is 12.1 Å². The van der Waals surface area contributed by atoms with Crippen LogP contribution in [0.4, 0.5) is 19.3 Å². The number of hydrogen-bond acceptors (Lipinski definition) is 6. The molecular formula is C37H40F2N6O4. The third-order valence-corrected chi connectivity index (χ3v) is 8.43. The van der Waals surface area contributed by atoms with Crippen LogP contribution < -0.4 is 10.6 Å². The number of aliphatic hydroxyl groups is 1. The Morgan fingerprint density at radius 1 is 0.980 bits per heavy atom. The van der Waals surface area contributed by atoms with Gasteiger partial charge < -0.3 is 30.7 Å². The molecule has 0 unspecified atom stereocenters. The third kappa shape index (κ3) is 8.64. The van der Waals surface area contributed by atoms with E-state index in [2.05, 4.69) is 49.7 Å². The number of carboxylic acid groups (broad SMARTS) is 1. The predicted molar refractivity (Wildman–Crippen MR) is 185 cm³/mol. The van der Waals surface area contributed by atoms with Crippen LogP contribution >= 0.6 is 0 Å². The molecule has 12 heteroatoms. The van der Waals surface area contributed by atoms with Crippen LogP contribution in [0.15, 0.2) is 67.0 Å². The van der Waals surface area contributed by atoms with E-state index in [1.807, 2.05) is 18.2 Å². The Morgan fingerprint density at radius 3 is 2.43 bits per heavy atom. The molecule has 0 saturated heterocycles. The number of benzene rings is 3. The SMILES string of the molecule is Cc1c(NC(=O)c2ccc(C(C)(C)O)cc2F)cc(F)cc1-c1ncnc2[nH]c(-c3ccc(CN(C)CCCCCNC(=O)O)cc3)cc12. The van der Waals surface area contributed by atoms with Crippen molar-refractivity contribution in [3.63, 3.8) is 0 Å². The largest absolute Gasteiger partial charge is 0.465 e. The van der Waals surface area contributed by atoms with E-state index >= 15 is 4.39 Å². The minimum atomic E-state index is -1.28. The van der Waals surface area contributed by atoms with Crippen LogP contribution in [0, 0.1) is 18.6 Å². The monoisotopic (exact) mass is 670 g/mol. The first-order valence-corrected chi connectivity index (χ1v) is 16.0.